The Bertz CT molecular complexity index is 67.5. The molecule has 0 saturated heterocycles. The fourth-order valence-electron chi connectivity index (χ4n) is 0. The second-order valence-electron chi connectivity index (χ2n) is 1.26. The Morgan fingerprint density at radius 1 is 1.78 bits per heavy atom. The predicted molar refractivity (Wildman–Crippen MR) is 51.9 cm³/mol. The van der Waals surface area contributed by atoms with Gasteiger partial charge in [0.1, 0.15) is 0 Å². The molecule has 0 N–H and O–H groups in total. The molecular formula is C6H13ClIRu-. The summed E-state index contributed by atoms with van der Waals surface area (Å²) in [6, 6.07) is 0. The van der Waals surface area contributed by atoms with Crippen molar-refractivity contribution in [2.75, 3.05) is 0 Å². The van der Waals surface area contributed by atoms with Gasteiger partial charge >= 0.3 is 52.0 Å². The van der Waals surface area contributed by atoms with Gasteiger partial charge in [-0.3, -0.25) is 0 Å². The van der Waals surface area contributed by atoms with E-state index in [0.717, 1.165) is 6.42 Å². The van der Waals surface area contributed by atoms with Crippen LogP contribution in [0.25, 0.3) is 0 Å². The van der Waals surface area contributed by atoms with Crippen LogP contribution in [-0.4, -0.2) is 4.61 Å². The first-order valence-electron chi connectivity index (χ1n) is 2.76. The summed E-state index contributed by atoms with van der Waals surface area (Å²) in [6.45, 7) is 7.72. The summed E-state index contributed by atoms with van der Waals surface area (Å²) >= 11 is 2.26. The fraction of sp³-hybridized carbons (Fsp3) is 0.667. The van der Waals surface area contributed by atoms with E-state index in [4.69, 9.17) is 9.69 Å². The summed E-state index contributed by atoms with van der Waals surface area (Å²) in [5.74, 6) is 0. The average Bonchev–Trinajstić information content (AvgIpc) is 1.89. The van der Waals surface area contributed by atoms with E-state index in [-0.39, 0.29) is 0 Å². The van der Waals surface area contributed by atoms with Crippen molar-refractivity contribution in [1.29, 1.82) is 0 Å². The summed E-state index contributed by atoms with van der Waals surface area (Å²) in [7, 11) is 4.67. The normalized spacial score (nSPS) is 14.1. The summed E-state index contributed by atoms with van der Waals surface area (Å²) in [5.41, 5.74) is 0. The van der Waals surface area contributed by atoms with Crippen LogP contribution in [0.4, 0.5) is 0 Å². The third-order valence-electron chi connectivity index (χ3n) is 0.508. The van der Waals surface area contributed by atoms with Crippen LogP contribution in [0.5, 0.6) is 0 Å². The summed E-state index contributed by atoms with van der Waals surface area (Å²) in [6.07, 6.45) is 2.28. The van der Waals surface area contributed by atoms with Gasteiger partial charge in [-0.1, -0.05) is 13.3 Å². The molecular weight excluding hydrogens is 335 g/mol. The Labute approximate surface area is 78.0 Å². The van der Waals surface area contributed by atoms with Gasteiger partial charge in [-0.05, 0) is 0 Å². The van der Waals surface area contributed by atoms with E-state index in [1.54, 1.807) is 0 Å². The number of unbranched alkanes of at least 4 members (excludes halogenated alkanes) is 1. The minimum Gasteiger partial charge on any atom is -0.343 e. The van der Waals surface area contributed by atoms with Gasteiger partial charge < -0.3 is 6.92 Å². The van der Waals surface area contributed by atoms with Crippen molar-refractivity contribution in [1.82, 2.24) is 0 Å². The molecule has 0 rings (SSSR count). The van der Waals surface area contributed by atoms with Crippen molar-refractivity contribution >= 4 is 34.1 Å². The Kier molecular flexibility index (Phi) is 17.8. The van der Waals surface area contributed by atoms with Crippen molar-refractivity contribution in [2.24, 2.45) is 0 Å². The fourth-order valence-corrected chi connectivity index (χ4v) is 0. The topological polar surface area (TPSA) is 0 Å². The largest absolute Gasteiger partial charge is 0.343 e. The zero-order valence-corrected chi connectivity index (χ0v) is 10.5. The Morgan fingerprint density at radius 3 is 2.00 bits per heavy atom. The molecule has 0 aromatic heterocycles. The van der Waals surface area contributed by atoms with E-state index in [9.17, 15) is 0 Å². The summed E-state index contributed by atoms with van der Waals surface area (Å²) in [4.78, 5) is 0. The maximum Gasteiger partial charge on any atom is -0.0678 e. The van der Waals surface area contributed by atoms with Gasteiger partial charge in [0.2, 0.25) is 0 Å². The van der Waals surface area contributed by atoms with E-state index in [1.165, 1.54) is 6.42 Å². The molecule has 0 aliphatic heterocycles. The van der Waals surface area contributed by atoms with Crippen LogP contribution in [0.15, 0.2) is 0 Å². The Balaban J connectivity index is 0. The van der Waals surface area contributed by atoms with Gasteiger partial charge in [0.05, 0.1) is 0 Å². The van der Waals surface area contributed by atoms with Crippen LogP contribution in [0.1, 0.15) is 26.7 Å². The van der Waals surface area contributed by atoms with Crippen LogP contribution in [0.3, 0.4) is 0 Å². The number of halogens is 2. The van der Waals surface area contributed by atoms with Gasteiger partial charge in [-0.15, -0.1) is 0 Å². The molecule has 0 radical (unpaired) electrons. The van der Waals surface area contributed by atoms with E-state index >= 15 is 0 Å². The molecule has 0 saturated carbocycles. The van der Waals surface area contributed by atoms with Gasteiger partial charge in [-0.25, -0.2) is 0 Å². The van der Waals surface area contributed by atoms with Crippen molar-refractivity contribution in [3.8, 4) is 0 Å². The van der Waals surface area contributed by atoms with E-state index < -0.39 is 11.0 Å². The molecule has 0 unspecified atom stereocenters. The van der Waals surface area contributed by atoms with Crippen LogP contribution < -0.4 is 0 Å². The van der Waals surface area contributed by atoms with E-state index in [2.05, 4.69) is 38.2 Å². The quantitative estimate of drug-likeness (QED) is 0.386. The molecule has 0 atom stereocenters. The average molecular weight is 349 g/mol. The molecule has 0 fully saturated rings. The first-order chi connectivity index (χ1) is 4.18. The van der Waals surface area contributed by atoms with Crippen molar-refractivity contribution in [3.05, 3.63) is 6.92 Å². The maximum absolute atomic E-state index is 5.54. The SMILES string of the molecule is C/[CH]=[Ru](/[Cl])[I].[CH2-]CCC. The number of hydrogen-bond acceptors (Lipinski definition) is 0. The molecule has 0 aromatic carbocycles. The van der Waals surface area contributed by atoms with Crippen LogP contribution in [0, 0.1) is 6.92 Å². The second-order valence-corrected chi connectivity index (χ2v) is 12.5. The van der Waals surface area contributed by atoms with E-state index in [0.29, 0.717) is 0 Å². The summed E-state index contributed by atoms with van der Waals surface area (Å²) < 4.78 is 2.06. The van der Waals surface area contributed by atoms with Crippen LogP contribution in [-0.2, 0) is 11.0 Å². The number of rotatable bonds is 1. The van der Waals surface area contributed by atoms with Gasteiger partial charge in [0.15, 0.2) is 0 Å². The molecule has 0 aliphatic rings. The predicted octanol–water partition coefficient (Wildman–Crippen LogP) is 3.55. The minimum atomic E-state index is -0.866. The molecule has 0 heterocycles. The molecule has 60 valence electrons. The molecule has 0 spiro atoms. The molecule has 0 nitrogen and oxygen atoms in total. The molecule has 0 bridgehead atoms. The maximum atomic E-state index is 5.54. The molecule has 3 heteroatoms. The van der Waals surface area contributed by atoms with Crippen LogP contribution in [0.2, 0.25) is 0 Å². The van der Waals surface area contributed by atoms with Crippen molar-refractivity contribution in [2.45, 2.75) is 26.7 Å². The third-order valence-corrected chi connectivity index (χ3v) is 4.78. The third kappa shape index (κ3) is 26.4. The monoisotopic (exact) mass is 349 g/mol. The van der Waals surface area contributed by atoms with Gasteiger partial charge in [0, 0.05) is 0 Å². The molecule has 9 heavy (non-hydrogen) atoms. The smallest absolute Gasteiger partial charge is 0.0678 e. The van der Waals surface area contributed by atoms with E-state index in [1.807, 2.05) is 6.92 Å². The van der Waals surface area contributed by atoms with Gasteiger partial charge in [-0.2, -0.15) is 6.42 Å². The standard InChI is InChI=1S/C4H9.C2H4.ClH.HI.Ru/c1-3-4-2;1-2;;;/h1,3-4H2,2H3;1H,2H3;2*1H;/q-1;;;;+2/p-2. The first-order valence-corrected chi connectivity index (χ1v) is 11.2. The zero-order valence-electron chi connectivity index (χ0n) is 5.81. The van der Waals surface area contributed by atoms with Gasteiger partial charge in [0.25, 0.3) is 0 Å². The Hall–Kier alpha value is 1.51. The summed E-state index contributed by atoms with van der Waals surface area (Å²) in [5, 5.41) is 0. The van der Waals surface area contributed by atoms with Crippen molar-refractivity contribution < 1.29 is 11.0 Å². The number of hydrogen-bond donors (Lipinski definition) is 0. The molecule has 0 amide bonds. The van der Waals surface area contributed by atoms with Crippen molar-refractivity contribution in [3.63, 3.8) is 0 Å². The minimum absolute atomic E-state index is 0.866. The first kappa shape index (κ1) is 13.1. The molecule has 0 aromatic rings. The Morgan fingerprint density at radius 2 is 2.00 bits per heavy atom. The second kappa shape index (κ2) is 12.2. The molecule has 0 aliphatic carbocycles. The zero-order chi connectivity index (χ0) is 7.70. The van der Waals surface area contributed by atoms with Crippen LogP contribution >= 0.6 is 29.4 Å².